The molecule has 9 atom stereocenters. The third-order valence-electron chi connectivity index (χ3n) is 13.9. The number of aromatic nitrogens is 3. The number of nitrogens with one attached hydrogen (secondary N) is 11. The first-order valence-electron chi connectivity index (χ1n) is 29.0. The Kier molecular flexibility index (Phi) is 27.9. The molecule has 86 heavy (non-hydrogen) atoms. The first-order chi connectivity index (χ1) is 40.6. The van der Waals surface area contributed by atoms with Crippen LogP contribution in [-0.2, 0) is 72.0 Å². The normalized spacial score (nSPS) is 14.5. The summed E-state index contributed by atoms with van der Waals surface area (Å²) in [6.07, 6.45) is 2.13. The number of hydrogen-bond donors (Lipinski definition) is 14. The van der Waals surface area contributed by atoms with E-state index in [4.69, 9.17) is 5.73 Å². The monoisotopic (exact) mass is 1200 g/mol. The number of carbonyl (C=O) groups is 11. The van der Waals surface area contributed by atoms with Crippen molar-refractivity contribution in [2.45, 2.75) is 175 Å². The summed E-state index contributed by atoms with van der Waals surface area (Å²) < 4.78 is 0. The van der Waals surface area contributed by atoms with Crippen LogP contribution < -0.4 is 53.6 Å². The Morgan fingerprint density at radius 2 is 1.13 bits per heavy atom. The quantitative estimate of drug-likeness (QED) is 0.0300. The number of nitrogens with two attached hydrogens (primary N) is 1. The van der Waals surface area contributed by atoms with Crippen LogP contribution in [0.1, 0.15) is 118 Å². The van der Waals surface area contributed by atoms with E-state index in [1.807, 2.05) is 33.8 Å². The number of carboxylic acids is 1. The van der Waals surface area contributed by atoms with E-state index in [0.29, 0.717) is 16.8 Å². The molecular formula is C60H87N13O13. The second-order valence-electron chi connectivity index (χ2n) is 23.3. The molecule has 0 spiro atoms. The maximum atomic E-state index is 14.4. The van der Waals surface area contributed by atoms with Gasteiger partial charge in [-0.25, -0.2) is 9.78 Å². The highest BCUT2D eigenvalue weighted by atomic mass is 16.4. The van der Waals surface area contributed by atoms with Gasteiger partial charge in [0.25, 0.3) is 0 Å². The second kappa shape index (κ2) is 34.3. The topological polar surface area (TPSA) is 407 Å². The predicted octanol–water partition coefficient (Wildman–Crippen LogP) is 0.829. The van der Waals surface area contributed by atoms with Crippen molar-refractivity contribution in [3.8, 4) is 0 Å². The average molecular weight is 1200 g/mol. The number of nitrogens with zero attached hydrogens (tertiary/aromatic N) is 1. The lowest BCUT2D eigenvalue weighted by Crippen LogP contribution is -2.60. The summed E-state index contributed by atoms with van der Waals surface area (Å²) in [6.45, 7) is 14.9. The van der Waals surface area contributed by atoms with Gasteiger partial charge in [-0.05, 0) is 67.1 Å². The number of aliphatic hydroxyl groups excluding tert-OH is 1. The van der Waals surface area contributed by atoms with Gasteiger partial charge < -0.3 is 73.8 Å². The highest BCUT2D eigenvalue weighted by Gasteiger charge is 2.35. The Hall–Kier alpha value is -8.68. The number of carbonyl (C=O) groups excluding carboxylic acids is 10. The highest BCUT2D eigenvalue weighted by Crippen LogP contribution is 2.20. The van der Waals surface area contributed by atoms with Crippen LogP contribution in [0.3, 0.4) is 0 Å². The van der Waals surface area contributed by atoms with Crippen LogP contribution in [0.15, 0.2) is 73.3 Å². The third kappa shape index (κ3) is 23.8. The molecule has 0 aliphatic rings. The zero-order valence-corrected chi connectivity index (χ0v) is 50.4. The molecule has 0 fully saturated rings. The number of carboxylic acid groups (broad SMARTS) is 1. The number of hydrogen-bond acceptors (Lipinski definition) is 13. The number of para-hydroxylation sites is 1. The molecule has 10 amide bonds. The number of imidazole rings is 1. The van der Waals surface area contributed by atoms with Crippen LogP contribution in [0, 0.1) is 23.7 Å². The van der Waals surface area contributed by atoms with Crippen molar-refractivity contribution >= 4 is 75.9 Å². The summed E-state index contributed by atoms with van der Waals surface area (Å²) >= 11 is 0. The van der Waals surface area contributed by atoms with Crippen molar-refractivity contribution in [2.75, 3.05) is 6.54 Å². The van der Waals surface area contributed by atoms with Crippen molar-refractivity contribution in [1.29, 1.82) is 0 Å². The van der Waals surface area contributed by atoms with Crippen LogP contribution in [0.2, 0.25) is 0 Å². The Morgan fingerprint density at radius 1 is 0.558 bits per heavy atom. The summed E-state index contributed by atoms with van der Waals surface area (Å²) in [5.74, 6) is -9.55. The number of rotatable bonds is 36. The molecule has 0 saturated carbocycles. The molecule has 0 radical (unpaired) electrons. The second-order valence-corrected chi connectivity index (χ2v) is 23.3. The molecule has 2 heterocycles. The molecule has 0 bridgehead atoms. The smallest absolute Gasteiger partial charge is 0.326 e. The Morgan fingerprint density at radius 3 is 1.74 bits per heavy atom. The third-order valence-corrected chi connectivity index (χ3v) is 13.9. The lowest BCUT2D eigenvalue weighted by molar-refractivity contribution is -0.142. The summed E-state index contributed by atoms with van der Waals surface area (Å²) in [5, 5.41) is 45.2. The van der Waals surface area contributed by atoms with E-state index in [1.54, 1.807) is 82.4 Å². The SMILES string of the molecule is CC(C)CC(=O)NC(Cc1ccccc1)C(=O)NC(CCC(N)=O)C(=O)NC(Cc1c[nH]c2ccccc12)C(=O)NC(C)C(=O)NC(C(=O)NCC(=O)NC(Cc1cnc[nH]1)C(=O)NC(CC(C)C)C(O)CC(=O)NC(CC(C)C)C(=O)O)C(C)C. The number of aliphatic hydroxyl groups is 1. The average Bonchev–Trinajstić information content (AvgIpc) is 2.69. The molecule has 0 saturated heterocycles. The van der Waals surface area contributed by atoms with Gasteiger partial charge in [-0.3, -0.25) is 47.9 Å². The van der Waals surface area contributed by atoms with Gasteiger partial charge in [-0.15, -0.1) is 0 Å². The lowest BCUT2D eigenvalue weighted by atomic mass is 9.96. The van der Waals surface area contributed by atoms with Crippen LogP contribution in [0.4, 0.5) is 0 Å². The van der Waals surface area contributed by atoms with Gasteiger partial charge in [-0.1, -0.05) is 104 Å². The molecule has 15 N–H and O–H groups in total. The maximum absolute atomic E-state index is 14.4. The van der Waals surface area contributed by atoms with E-state index >= 15 is 0 Å². The summed E-state index contributed by atoms with van der Waals surface area (Å²) in [6, 6.07) is 5.98. The number of amides is 10. The number of aromatic amines is 2. The molecule has 2 aromatic heterocycles. The summed E-state index contributed by atoms with van der Waals surface area (Å²) in [4.78, 5) is 158. The molecule has 2 aromatic carbocycles. The highest BCUT2D eigenvalue weighted by molar-refractivity contribution is 5.98. The summed E-state index contributed by atoms with van der Waals surface area (Å²) in [5.41, 5.74) is 7.99. The molecule has 4 rings (SSSR count). The van der Waals surface area contributed by atoms with Crippen molar-refractivity contribution in [3.63, 3.8) is 0 Å². The fourth-order valence-electron chi connectivity index (χ4n) is 9.44. The molecule has 4 aromatic rings. The molecule has 470 valence electrons. The van der Waals surface area contributed by atoms with E-state index in [0.717, 1.165) is 10.9 Å². The van der Waals surface area contributed by atoms with Gasteiger partial charge in [0.2, 0.25) is 59.1 Å². The largest absolute Gasteiger partial charge is 0.480 e. The minimum atomic E-state index is -1.45. The van der Waals surface area contributed by atoms with Gasteiger partial charge in [0.15, 0.2) is 0 Å². The van der Waals surface area contributed by atoms with Crippen molar-refractivity contribution < 1.29 is 63.0 Å². The fraction of sp³-hybridized carbons (Fsp3) is 0.533. The fourth-order valence-corrected chi connectivity index (χ4v) is 9.44. The number of benzene rings is 2. The number of fused-ring (bicyclic) bond motifs is 1. The van der Waals surface area contributed by atoms with Gasteiger partial charge in [0.05, 0.1) is 31.4 Å². The molecule has 0 aliphatic carbocycles. The predicted molar refractivity (Wildman–Crippen MR) is 318 cm³/mol. The minimum Gasteiger partial charge on any atom is -0.480 e. The van der Waals surface area contributed by atoms with Crippen LogP contribution in [0.5, 0.6) is 0 Å². The molecule has 26 nitrogen and oxygen atoms in total. The molecular weight excluding hydrogens is 1110 g/mol. The Bertz CT molecular complexity index is 2930. The van der Waals surface area contributed by atoms with E-state index in [1.165, 1.54) is 19.4 Å². The first kappa shape index (κ1) is 69.8. The van der Waals surface area contributed by atoms with Crippen molar-refractivity contribution in [3.05, 3.63) is 90.1 Å². The zero-order valence-electron chi connectivity index (χ0n) is 50.4. The number of aliphatic carboxylic acids is 1. The van der Waals surface area contributed by atoms with Crippen molar-refractivity contribution in [2.24, 2.45) is 29.4 Å². The van der Waals surface area contributed by atoms with Gasteiger partial charge in [0.1, 0.15) is 42.3 Å². The molecule has 0 aliphatic heterocycles. The van der Waals surface area contributed by atoms with E-state index in [2.05, 4.69) is 62.8 Å². The van der Waals surface area contributed by atoms with Crippen molar-refractivity contribution in [1.82, 2.24) is 62.8 Å². The lowest BCUT2D eigenvalue weighted by Gasteiger charge is -2.28. The maximum Gasteiger partial charge on any atom is 0.326 e. The summed E-state index contributed by atoms with van der Waals surface area (Å²) in [7, 11) is 0. The zero-order chi connectivity index (χ0) is 63.8. The van der Waals surface area contributed by atoms with Crippen LogP contribution >= 0.6 is 0 Å². The Labute approximate surface area is 500 Å². The first-order valence-corrected chi connectivity index (χ1v) is 29.0. The minimum absolute atomic E-state index is 0.0302. The van der Waals surface area contributed by atoms with Gasteiger partial charge in [-0.2, -0.15) is 0 Å². The van der Waals surface area contributed by atoms with Crippen LogP contribution in [-0.4, -0.2) is 151 Å². The molecule has 9 unspecified atom stereocenters. The van der Waals surface area contributed by atoms with Crippen LogP contribution in [0.25, 0.3) is 10.9 Å². The standard InChI is InChI=1S/C60H87N13O13/c1-32(2)21-43(48(74)27-51(77)69-47(60(85)86)22-33(3)4)71-58(83)46(26-39-29-62-31-65-39)68-52(78)30-64-59(84)53(35(7)8)73-54(79)36(9)66-56(81)45(25-38-28-63-41-18-14-13-17-40(38)41)72-55(80)42(19-20-49(61)75)70-57(82)44(67-50(76)23-34(5)6)24-37-15-11-10-12-16-37/h10-18,28-29,31-36,42-48,53,63,74H,19-27,30H2,1-9H3,(H2,61,75)(H,62,65)(H,64,84)(H,66,81)(H,67,76)(H,68,78)(H,69,77)(H,70,82)(H,71,83)(H,72,80)(H,73,79)(H,85,86). The number of primary amides is 1. The number of H-pyrrole nitrogens is 2. The van der Waals surface area contributed by atoms with Gasteiger partial charge >= 0.3 is 5.97 Å². The van der Waals surface area contributed by atoms with E-state index < -0.39 is 138 Å². The Balaban J connectivity index is 1.48. The van der Waals surface area contributed by atoms with Gasteiger partial charge in [0, 0.05) is 61.1 Å². The van der Waals surface area contributed by atoms with E-state index in [-0.39, 0.29) is 69.1 Å². The molecule has 26 heteroatoms. The van der Waals surface area contributed by atoms with E-state index in [9.17, 15) is 63.0 Å².